The first-order chi connectivity index (χ1) is 5.81. The fourth-order valence-corrected chi connectivity index (χ4v) is 2.30. The summed E-state index contributed by atoms with van der Waals surface area (Å²) in [6.45, 7) is 2.38. The molecule has 0 rings (SSSR count). The molecule has 3 heteroatoms. The fraction of sp³-hybridized carbons (Fsp3) is 1.00. The van der Waals surface area contributed by atoms with Crippen molar-refractivity contribution in [1.29, 1.82) is 0 Å². The summed E-state index contributed by atoms with van der Waals surface area (Å²) < 4.78 is 11.2. The number of aliphatic hydroxyl groups is 1. The molecule has 0 bridgehead atoms. The Morgan fingerprint density at radius 3 is 2.33 bits per heavy atom. The van der Waals surface area contributed by atoms with E-state index in [9.17, 15) is 4.21 Å². The molecule has 0 aliphatic rings. The first-order valence-corrected chi connectivity index (χ1v) is 6.26. The minimum Gasteiger partial charge on any atom is -0.396 e. The van der Waals surface area contributed by atoms with Gasteiger partial charge in [0.2, 0.25) is 0 Å². The van der Waals surface area contributed by atoms with E-state index in [4.69, 9.17) is 5.11 Å². The van der Waals surface area contributed by atoms with Crippen LogP contribution in [0, 0.1) is 0 Å². The maximum atomic E-state index is 11.2. The highest BCUT2D eigenvalue weighted by Gasteiger charge is 1.97. The Morgan fingerprint density at radius 1 is 1.08 bits per heavy atom. The average Bonchev–Trinajstić information content (AvgIpc) is 2.09. The van der Waals surface area contributed by atoms with Crippen molar-refractivity contribution in [1.82, 2.24) is 0 Å². The second-order valence-electron chi connectivity index (χ2n) is 2.99. The van der Waals surface area contributed by atoms with E-state index in [0.717, 1.165) is 43.6 Å². The quantitative estimate of drug-likeness (QED) is 0.594. The maximum absolute atomic E-state index is 11.2. The largest absolute Gasteiger partial charge is 0.396 e. The van der Waals surface area contributed by atoms with Gasteiger partial charge in [-0.2, -0.15) is 0 Å². The summed E-state index contributed by atoms with van der Waals surface area (Å²) in [5.74, 6) is 1.68. The maximum Gasteiger partial charge on any atom is 0.0431 e. The zero-order valence-corrected chi connectivity index (χ0v) is 8.74. The van der Waals surface area contributed by atoms with E-state index < -0.39 is 10.8 Å². The van der Waals surface area contributed by atoms with Gasteiger partial charge >= 0.3 is 0 Å². The van der Waals surface area contributed by atoms with E-state index in [1.807, 2.05) is 0 Å². The zero-order chi connectivity index (χ0) is 9.23. The van der Waals surface area contributed by atoms with Crippen LogP contribution in [-0.2, 0) is 10.8 Å². The molecule has 0 saturated heterocycles. The van der Waals surface area contributed by atoms with Gasteiger partial charge in [-0.1, -0.05) is 19.8 Å². The van der Waals surface area contributed by atoms with Crippen molar-refractivity contribution in [3.63, 3.8) is 0 Å². The van der Waals surface area contributed by atoms with Gasteiger partial charge in [0.05, 0.1) is 0 Å². The summed E-state index contributed by atoms with van der Waals surface area (Å²) in [6.07, 6.45) is 5.06. The lowest BCUT2D eigenvalue weighted by Gasteiger charge is -2.00. The SMILES string of the molecule is CCCCS(=O)CCCCCO. The normalized spacial score (nSPS) is 13.2. The van der Waals surface area contributed by atoms with E-state index >= 15 is 0 Å². The van der Waals surface area contributed by atoms with Crippen LogP contribution < -0.4 is 0 Å². The topological polar surface area (TPSA) is 37.3 Å². The average molecular weight is 192 g/mol. The van der Waals surface area contributed by atoms with Crippen molar-refractivity contribution < 1.29 is 9.32 Å². The summed E-state index contributed by atoms with van der Waals surface area (Å²) >= 11 is 0. The van der Waals surface area contributed by atoms with Crippen LogP contribution in [0.5, 0.6) is 0 Å². The zero-order valence-electron chi connectivity index (χ0n) is 7.92. The molecular weight excluding hydrogens is 172 g/mol. The first kappa shape index (κ1) is 12.1. The van der Waals surface area contributed by atoms with Crippen LogP contribution in [0.3, 0.4) is 0 Å². The van der Waals surface area contributed by atoms with Crippen molar-refractivity contribution in [2.75, 3.05) is 18.1 Å². The van der Waals surface area contributed by atoms with E-state index in [1.165, 1.54) is 0 Å². The van der Waals surface area contributed by atoms with Crippen LogP contribution in [-0.4, -0.2) is 27.4 Å². The Morgan fingerprint density at radius 2 is 1.75 bits per heavy atom. The molecule has 0 aliphatic carbocycles. The minimum absolute atomic E-state index is 0.265. The molecule has 0 spiro atoms. The lowest BCUT2D eigenvalue weighted by molar-refractivity contribution is 0.284. The van der Waals surface area contributed by atoms with Crippen LogP contribution in [0.25, 0.3) is 0 Å². The third kappa shape index (κ3) is 8.21. The number of hydrogen-bond acceptors (Lipinski definition) is 2. The molecule has 0 radical (unpaired) electrons. The predicted molar refractivity (Wildman–Crippen MR) is 53.7 cm³/mol. The number of hydrogen-bond donors (Lipinski definition) is 1. The first-order valence-electron chi connectivity index (χ1n) is 4.77. The van der Waals surface area contributed by atoms with E-state index in [2.05, 4.69) is 6.92 Å². The van der Waals surface area contributed by atoms with Gasteiger partial charge in [-0.3, -0.25) is 4.21 Å². The van der Waals surface area contributed by atoms with Crippen LogP contribution in [0.4, 0.5) is 0 Å². The fourth-order valence-electron chi connectivity index (χ4n) is 0.959. The molecule has 74 valence electrons. The van der Waals surface area contributed by atoms with Crippen LogP contribution in [0.2, 0.25) is 0 Å². The monoisotopic (exact) mass is 192 g/mol. The van der Waals surface area contributed by atoms with Crippen molar-refractivity contribution in [2.45, 2.75) is 39.0 Å². The summed E-state index contributed by atoms with van der Waals surface area (Å²) in [4.78, 5) is 0. The highest BCUT2D eigenvalue weighted by Crippen LogP contribution is 1.99. The molecule has 0 fully saturated rings. The Balaban J connectivity index is 3.08. The van der Waals surface area contributed by atoms with Crippen LogP contribution in [0.1, 0.15) is 39.0 Å². The molecule has 0 aromatic heterocycles. The molecule has 12 heavy (non-hydrogen) atoms. The second-order valence-corrected chi connectivity index (χ2v) is 4.68. The molecule has 0 aromatic rings. The number of unbranched alkanes of at least 4 members (excludes halogenated alkanes) is 3. The standard InChI is InChI=1S/C9H20O2S/c1-2-3-8-12(11)9-6-4-5-7-10/h10H,2-9H2,1H3. The lowest BCUT2D eigenvalue weighted by atomic mass is 10.3. The van der Waals surface area contributed by atoms with E-state index in [1.54, 1.807) is 0 Å². The Labute approximate surface area is 77.8 Å². The second kappa shape index (κ2) is 9.20. The van der Waals surface area contributed by atoms with Gasteiger partial charge in [0.1, 0.15) is 0 Å². The summed E-state index contributed by atoms with van der Waals surface area (Å²) in [6, 6.07) is 0. The Hall–Kier alpha value is 0.110. The van der Waals surface area contributed by atoms with Crippen molar-refractivity contribution in [3.8, 4) is 0 Å². The van der Waals surface area contributed by atoms with E-state index in [-0.39, 0.29) is 6.61 Å². The van der Waals surface area contributed by atoms with Crippen LogP contribution >= 0.6 is 0 Å². The highest BCUT2D eigenvalue weighted by molar-refractivity contribution is 7.84. The molecule has 1 atom stereocenters. The smallest absolute Gasteiger partial charge is 0.0431 e. The van der Waals surface area contributed by atoms with Gasteiger partial charge in [0, 0.05) is 28.9 Å². The molecule has 0 aliphatic heterocycles. The number of aliphatic hydroxyl groups excluding tert-OH is 1. The third-order valence-electron chi connectivity index (χ3n) is 1.76. The van der Waals surface area contributed by atoms with Crippen molar-refractivity contribution in [2.24, 2.45) is 0 Å². The molecule has 0 aromatic carbocycles. The van der Waals surface area contributed by atoms with Gasteiger partial charge in [-0.05, 0) is 19.3 Å². The summed E-state index contributed by atoms with van der Waals surface area (Å²) in [5, 5.41) is 8.50. The van der Waals surface area contributed by atoms with Gasteiger partial charge in [-0.25, -0.2) is 0 Å². The highest BCUT2D eigenvalue weighted by atomic mass is 32.2. The minimum atomic E-state index is -0.605. The summed E-state index contributed by atoms with van der Waals surface area (Å²) in [5.41, 5.74) is 0. The molecule has 0 heterocycles. The molecule has 0 saturated carbocycles. The van der Waals surface area contributed by atoms with Gasteiger partial charge in [0.15, 0.2) is 0 Å². The van der Waals surface area contributed by atoms with Crippen molar-refractivity contribution >= 4 is 10.8 Å². The number of rotatable bonds is 8. The van der Waals surface area contributed by atoms with Gasteiger partial charge < -0.3 is 5.11 Å². The molecule has 1 N–H and O–H groups in total. The van der Waals surface area contributed by atoms with Crippen LogP contribution in [0.15, 0.2) is 0 Å². The van der Waals surface area contributed by atoms with E-state index in [0.29, 0.717) is 0 Å². The Bertz CT molecular complexity index is 115. The van der Waals surface area contributed by atoms with Crippen molar-refractivity contribution in [3.05, 3.63) is 0 Å². The molecular formula is C9H20O2S. The van der Waals surface area contributed by atoms with Gasteiger partial charge in [-0.15, -0.1) is 0 Å². The Kier molecular flexibility index (Phi) is 9.28. The molecule has 2 nitrogen and oxygen atoms in total. The van der Waals surface area contributed by atoms with Gasteiger partial charge in [0.25, 0.3) is 0 Å². The summed E-state index contributed by atoms with van der Waals surface area (Å²) in [7, 11) is -0.605. The molecule has 0 amide bonds. The third-order valence-corrected chi connectivity index (χ3v) is 3.24. The lowest BCUT2D eigenvalue weighted by Crippen LogP contribution is -2.02. The molecule has 1 unspecified atom stereocenters. The predicted octanol–water partition coefficient (Wildman–Crippen LogP) is 1.70.